The molecule has 15 heavy (non-hydrogen) atoms. The molecule has 0 aliphatic carbocycles. The van der Waals surface area contributed by atoms with Crippen LogP contribution >= 0.6 is 15.9 Å². The molecule has 1 aromatic rings. The second-order valence-corrected chi connectivity index (χ2v) is 4.43. The third-order valence-electron chi connectivity index (χ3n) is 2.34. The van der Waals surface area contributed by atoms with Crippen molar-refractivity contribution in [3.8, 4) is 6.07 Å². The van der Waals surface area contributed by atoms with Crippen LogP contribution in [0.25, 0.3) is 0 Å². The molecule has 0 aliphatic heterocycles. The van der Waals surface area contributed by atoms with E-state index >= 15 is 0 Å². The highest BCUT2D eigenvalue weighted by Crippen LogP contribution is 2.23. The molecule has 2 atom stereocenters. The monoisotopic (exact) mass is 267 g/mol. The van der Waals surface area contributed by atoms with Crippen molar-refractivity contribution >= 4 is 15.9 Å². The summed E-state index contributed by atoms with van der Waals surface area (Å²) < 4.78 is 0.980. The zero-order valence-electron chi connectivity index (χ0n) is 8.65. The van der Waals surface area contributed by atoms with Gasteiger partial charge in [-0.2, -0.15) is 5.26 Å². The van der Waals surface area contributed by atoms with E-state index in [1.165, 1.54) is 0 Å². The van der Waals surface area contributed by atoms with Crippen molar-refractivity contribution < 1.29 is 5.11 Å². The van der Waals surface area contributed by atoms with Crippen molar-refractivity contribution in [1.29, 1.82) is 5.26 Å². The number of hydrogen-bond acceptors (Lipinski definition) is 2. The van der Waals surface area contributed by atoms with E-state index in [9.17, 15) is 5.11 Å². The Labute approximate surface area is 98.7 Å². The van der Waals surface area contributed by atoms with Gasteiger partial charge in [-0.3, -0.25) is 0 Å². The zero-order valence-corrected chi connectivity index (χ0v) is 10.2. The minimum Gasteiger partial charge on any atom is -0.391 e. The Morgan fingerprint density at radius 3 is 2.47 bits per heavy atom. The van der Waals surface area contributed by atoms with Crippen LogP contribution < -0.4 is 0 Å². The van der Waals surface area contributed by atoms with E-state index in [0.29, 0.717) is 6.42 Å². The van der Waals surface area contributed by atoms with E-state index in [1.807, 2.05) is 31.2 Å². The highest BCUT2D eigenvalue weighted by molar-refractivity contribution is 9.10. The van der Waals surface area contributed by atoms with Crippen molar-refractivity contribution in [3.05, 3.63) is 34.3 Å². The molecule has 0 bridgehead atoms. The van der Waals surface area contributed by atoms with Gasteiger partial charge in [0.05, 0.1) is 18.1 Å². The summed E-state index contributed by atoms with van der Waals surface area (Å²) in [6.45, 7) is 2.00. The van der Waals surface area contributed by atoms with E-state index in [-0.39, 0.29) is 0 Å². The van der Waals surface area contributed by atoms with E-state index < -0.39 is 12.0 Å². The van der Waals surface area contributed by atoms with Gasteiger partial charge in [-0.25, -0.2) is 0 Å². The number of aliphatic hydroxyl groups excluding tert-OH is 1. The lowest BCUT2D eigenvalue weighted by Gasteiger charge is -2.16. The number of nitriles is 1. The fraction of sp³-hybridized carbons (Fsp3) is 0.417. The van der Waals surface area contributed by atoms with E-state index in [4.69, 9.17) is 5.26 Å². The molecule has 2 nitrogen and oxygen atoms in total. The molecule has 0 fully saturated rings. The van der Waals surface area contributed by atoms with Crippen molar-refractivity contribution in [1.82, 2.24) is 0 Å². The summed E-state index contributed by atoms with van der Waals surface area (Å²) in [5.74, 6) is -0.418. The van der Waals surface area contributed by atoms with Crippen LogP contribution in [0, 0.1) is 11.3 Å². The maximum absolute atomic E-state index is 9.80. The van der Waals surface area contributed by atoms with Crippen LogP contribution in [0.5, 0.6) is 0 Å². The summed E-state index contributed by atoms with van der Waals surface area (Å²) in [5.41, 5.74) is 0.877. The first-order valence-electron chi connectivity index (χ1n) is 5.02. The SMILES string of the molecule is CCCC(O)C(C#N)c1ccc(Br)cc1. The Hall–Kier alpha value is -0.850. The highest BCUT2D eigenvalue weighted by Gasteiger charge is 2.19. The minimum atomic E-state index is -0.568. The summed E-state index contributed by atoms with van der Waals surface area (Å²) in [5, 5.41) is 18.8. The molecule has 0 aliphatic rings. The lowest BCUT2D eigenvalue weighted by Crippen LogP contribution is -2.16. The van der Waals surface area contributed by atoms with Gasteiger partial charge in [0.1, 0.15) is 0 Å². The average molecular weight is 268 g/mol. The molecule has 0 amide bonds. The zero-order chi connectivity index (χ0) is 11.3. The standard InChI is InChI=1S/C12H14BrNO/c1-2-3-12(15)11(8-14)9-4-6-10(13)7-5-9/h4-7,11-12,15H,2-3H2,1H3. The molecule has 2 unspecified atom stereocenters. The Morgan fingerprint density at radius 2 is 2.00 bits per heavy atom. The molecular weight excluding hydrogens is 254 g/mol. The van der Waals surface area contributed by atoms with Gasteiger partial charge >= 0.3 is 0 Å². The van der Waals surface area contributed by atoms with Crippen LogP contribution in [0.15, 0.2) is 28.7 Å². The fourth-order valence-corrected chi connectivity index (χ4v) is 1.78. The van der Waals surface area contributed by atoms with Crippen LogP contribution in [0.4, 0.5) is 0 Å². The molecule has 0 heterocycles. The van der Waals surface area contributed by atoms with Crippen LogP contribution in [-0.4, -0.2) is 11.2 Å². The van der Waals surface area contributed by atoms with Crippen LogP contribution in [0.1, 0.15) is 31.2 Å². The molecule has 0 saturated carbocycles. The highest BCUT2D eigenvalue weighted by atomic mass is 79.9. The predicted octanol–water partition coefficient (Wildman–Crippen LogP) is 3.22. The number of rotatable bonds is 4. The van der Waals surface area contributed by atoms with Crippen LogP contribution in [0.3, 0.4) is 0 Å². The summed E-state index contributed by atoms with van der Waals surface area (Å²) in [7, 11) is 0. The fourth-order valence-electron chi connectivity index (χ4n) is 1.52. The third-order valence-corrected chi connectivity index (χ3v) is 2.87. The first-order valence-corrected chi connectivity index (χ1v) is 5.81. The summed E-state index contributed by atoms with van der Waals surface area (Å²) in [6, 6.07) is 9.68. The molecule has 1 rings (SSSR count). The number of hydrogen-bond donors (Lipinski definition) is 1. The van der Waals surface area contributed by atoms with Gasteiger partial charge in [-0.1, -0.05) is 41.4 Å². The van der Waals surface area contributed by atoms with Gasteiger partial charge in [-0.05, 0) is 24.1 Å². The second kappa shape index (κ2) is 5.89. The lowest BCUT2D eigenvalue weighted by molar-refractivity contribution is 0.150. The molecule has 1 N–H and O–H groups in total. The maximum atomic E-state index is 9.80. The predicted molar refractivity (Wildman–Crippen MR) is 63.4 cm³/mol. The smallest absolute Gasteiger partial charge is 0.0971 e. The van der Waals surface area contributed by atoms with Crippen LogP contribution in [-0.2, 0) is 0 Å². The largest absolute Gasteiger partial charge is 0.391 e. The molecule has 1 aromatic carbocycles. The van der Waals surface area contributed by atoms with Gasteiger partial charge in [0.15, 0.2) is 0 Å². The van der Waals surface area contributed by atoms with Crippen molar-refractivity contribution in [2.45, 2.75) is 31.8 Å². The molecule has 3 heteroatoms. The van der Waals surface area contributed by atoms with Crippen LogP contribution in [0.2, 0.25) is 0 Å². The summed E-state index contributed by atoms with van der Waals surface area (Å²) in [6.07, 6.45) is 0.977. The Bertz CT molecular complexity index is 342. The number of halogens is 1. The molecular formula is C12H14BrNO. The Balaban J connectivity index is 2.84. The quantitative estimate of drug-likeness (QED) is 0.911. The van der Waals surface area contributed by atoms with Crippen molar-refractivity contribution in [2.75, 3.05) is 0 Å². The molecule has 0 aromatic heterocycles. The maximum Gasteiger partial charge on any atom is 0.0971 e. The topological polar surface area (TPSA) is 44.0 Å². The van der Waals surface area contributed by atoms with Crippen molar-refractivity contribution in [3.63, 3.8) is 0 Å². The number of benzene rings is 1. The van der Waals surface area contributed by atoms with Gasteiger partial charge in [0.2, 0.25) is 0 Å². The average Bonchev–Trinajstić information content (AvgIpc) is 2.22. The molecule has 0 spiro atoms. The van der Waals surface area contributed by atoms with Gasteiger partial charge in [0, 0.05) is 4.47 Å². The lowest BCUT2D eigenvalue weighted by atomic mass is 9.92. The third kappa shape index (κ3) is 3.33. The first kappa shape index (κ1) is 12.2. The Morgan fingerprint density at radius 1 is 1.40 bits per heavy atom. The summed E-state index contributed by atoms with van der Waals surface area (Å²) in [4.78, 5) is 0. The number of aliphatic hydroxyl groups is 1. The molecule has 80 valence electrons. The molecule has 0 saturated heterocycles. The second-order valence-electron chi connectivity index (χ2n) is 3.51. The van der Waals surface area contributed by atoms with Crippen molar-refractivity contribution in [2.24, 2.45) is 0 Å². The number of nitrogens with zero attached hydrogens (tertiary/aromatic N) is 1. The Kier molecular flexibility index (Phi) is 4.80. The first-order chi connectivity index (χ1) is 7.19. The van der Waals surface area contributed by atoms with Gasteiger partial charge in [0.25, 0.3) is 0 Å². The minimum absolute atomic E-state index is 0.418. The van der Waals surface area contributed by atoms with Gasteiger partial charge < -0.3 is 5.11 Å². The summed E-state index contributed by atoms with van der Waals surface area (Å²) >= 11 is 3.34. The molecule has 0 radical (unpaired) electrons. The normalized spacial score (nSPS) is 14.3. The van der Waals surface area contributed by atoms with E-state index in [2.05, 4.69) is 22.0 Å². The van der Waals surface area contributed by atoms with E-state index in [0.717, 1.165) is 16.5 Å². The van der Waals surface area contributed by atoms with E-state index in [1.54, 1.807) is 0 Å². The van der Waals surface area contributed by atoms with Gasteiger partial charge in [-0.15, -0.1) is 0 Å².